The number of nitrogens with one attached hydrogen (secondary N) is 2. The Balaban J connectivity index is 1.37. The van der Waals surface area contributed by atoms with Gasteiger partial charge in [-0.3, -0.25) is 4.79 Å². The van der Waals surface area contributed by atoms with Crippen LogP contribution in [-0.2, 0) is 9.53 Å². The summed E-state index contributed by atoms with van der Waals surface area (Å²) in [6.07, 6.45) is 0. The number of benzene rings is 3. The molecule has 7 heteroatoms. The Labute approximate surface area is 180 Å². The summed E-state index contributed by atoms with van der Waals surface area (Å²) in [6, 6.07) is 23.4. The van der Waals surface area contributed by atoms with E-state index in [2.05, 4.69) is 15.4 Å². The molecule has 0 spiro atoms. The van der Waals surface area contributed by atoms with E-state index in [1.54, 1.807) is 24.3 Å². The summed E-state index contributed by atoms with van der Waals surface area (Å²) in [5.74, 6) is 0.903. The van der Waals surface area contributed by atoms with Crippen LogP contribution >= 0.6 is 0 Å². The summed E-state index contributed by atoms with van der Waals surface area (Å²) < 4.78 is 15.9. The lowest BCUT2D eigenvalue weighted by Gasteiger charge is -2.10. The van der Waals surface area contributed by atoms with Crippen LogP contribution in [0.5, 0.6) is 11.5 Å². The van der Waals surface area contributed by atoms with Gasteiger partial charge in [0, 0.05) is 11.4 Å². The molecular weight excluding hydrogens is 396 g/mol. The third kappa shape index (κ3) is 7.08. The number of carbonyl (C=O) groups is 2. The molecule has 0 saturated carbocycles. The molecule has 0 heterocycles. The minimum atomic E-state index is -0.421. The molecule has 0 aliphatic heterocycles. The van der Waals surface area contributed by atoms with E-state index in [9.17, 15) is 9.59 Å². The molecule has 1 amide bonds. The first-order chi connectivity index (χ1) is 15.1. The zero-order valence-electron chi connectivity index (χ0n) is 17.2. The van der Waals surface area contributed by atoms with Crippen LogP contribution in [0.15, 0.2) is 78.9 Å². The number of esters is 1. The maximum absolute atomic E-state index is 12.1. The average Bonchev–Trinajstić information content (AvgIpc) is 2.82. The van der Waals surface area contributed by atoms with Crippen LogP contribution in [-0.4, -0.2) is 38.7 Å². The lowest BCUT2D eigenvalue weighted by molar-refractivity contribution is -0.114. The fourth-order valence-corrected chi connectivity index (χ4v) is 2.70. The summed E-state index contributed by atoms with van der Waals surface area (Å²) in [7, 11) is 1.32. The van der Waals surface area contributed by atoms with E-state index in [-0.39, 0.29) is 12.5 Å². The SMILES string of the molecule is COC(=O)c1ccc(NC(=O)CNc2ccc(OCCOc3ccccc3)cc2)cc1. The van der Waals surface area contributed by atoms with Crippen LogP contribution in [0.25, 0.3) is 0 Å². The number of methoxy groups -OCH3 is 1. The van der Waals surface area contributed by atoms with E-state index in [1.807, 2.05) is 54.6 Å². The van der Waals surface area contributed by atoms with Crippen LogP contribution in [0, 0.1) is 0 Å². The van der Waals surface area contributed by atoms with Crippen molar-refractivity contribution in [1.29, 1.82) is 0 Å². The van der Waals surface area contributed by atoms with E-state index < -0.39 is 5.97 Å². The third-order valence-electron chi connectivity index (χ3n) is 4.26. The van der Waals surface area contributed by atoms with Crippen molar-refractivity contribution in [2.75, 3.05) is 37.5 Å². The van der Waals surface area contributed by atoms with Crippen molar-refractivity contribution in [3.8, 4) is 11.5 Å². The van der Waals surface area contributed by atoms with E-state index in [4.69, 9.17) is 9.47 Å². The van der Waals surface area contributed by atoms with Gasteiger partial charge >= 0.3 is 5.97 Å². The highest BCUT2D eigenvalue weighted by Gasteiger charge is 2.06. The topological polar surface area (TPSA) is 85.9 Å². The molecule has 0 fully saturated rings. The van der Waals surface area contributed by atoms with E-state index in [0.29, 0.717) is 24.5 Å². The summed E-state index contributed by atoms with van der Waals surface area (Å²) in [5.41, 5.74) is 1.82. The summed E-state index contributed by atoms with van der Waals surface area (Å²) in [5, 5.41) is 5.82. The zero-order chi connectivity index (χ0) is 21.9. The molecule has 3 rings (SSSR count). The Kier molecular flexibility index (Phi) is 7.88. The maximum atomic E-state index is 12.1. The summed E-state index contributed by atoms with van der Waals surface area (Å²) in [4.78, 5) is 23.5. The van der Waals surface area contributed by atoms with Gasteiger partial charge in [0.05, 0.1) is 19.2 Å². The monoisotopic (exact) mass is 420 g/mol. The van der Waals surface area contributed by atoms with E-state index >= 15 is 0 Å². The Morgan fingerprint density at radius 1 is 0.742 bits per heavy atom. The number of rotatable bonds is 10. The number of hydrogen-bond donors (Lipinski definition) is 2. The minimum Gasteiger partial charge on any atom is -0.490 e. The highest BCUT2D eigenvalue weighted by atomic mass is 16.5. The number of anilines is 2. The van der Waals surface area contributed by atoms with Gasteiger partial charge in [-0.15, -0.1) is 0 Å². The van der Waals surface area contributed by atoms with E-state index in [0.717, 1.165) is 17.2 Å². The molecule has 0 atom stereocenters. The quantitative estimate of drug-likeness (QED) is 0.381. The highest BCUT2D eigenvalue weighted by molar-refractivity contribution is 5.95. The predicted octanol–water partition coefficient (Wildman–Crippen LogP) is 3.98. The Morgan fingerprint density at radius 3 is 1.94 bits per heavy atom. The van der Waals surface area contributed by atoms with Gasteiger partial charge in [0.15, 0.2) is 0 Å². The van der Waals surface area contributed by atoms with Crippen molar-refractivity contribution >= 4 is 23.3 Å². The standard InChI is InChI=1S/C24H24N2O5/c1-29-24(28)18-7-9-20(10-8-18)26-23(27)17-25-19-11-13-22(14-12-19)31-16-15-30-21-5-3-2-4-6-21/h2-14,25H,15-17H2,1H3,(H,26,27). The van der Waals surface area contributed by atoms with Crippen molar-refractivity contribution in [3.63, 3.8) is 0 Å². The summed E-state index contributed by atoms with van der Waals surface area (Å²) >= 11 is 0. The molecule has 0 unspecified atom stereocenters. The lowest BCUT2D eigenvalue weighted by atomic mass is 10.2. The van der Waals surface area contributed by atoms with Crippen LogP contribution in [0.2, 0.25) is 0 Å². The Morgan fingerprint density at radius 2 is 1.32 bits per heavy atom. The van der Waals surface area contributed by atoms with Crippen LogP contribution in [0.3, 0.4) is 0 Å². The Bertz CT molecular complexity index is 973. The highest BCUT2D eigenvalue weighted by Crippen LogP contribution is 2.16. The van der Waals surface area contributed by atoms with Gasteiger partial charge in [-0.05, 0) is 60.7 Å². The number of amides is 1. The van der Waals surface area contributed by atoms with Crippen molar-refractivity contribution in [1.82, 2.24) is 0 Å². The molecule has 3 aromatic rings. The van der Waals surface area contributed by atoms with E-state index in [1.165, 1.54) is 7.11 Å². The molecule has 3 aromatic carbocycles. The number of para-hydroxylation sites is 1. The molecule has 31 heavy (non-hydrogen) atoms. The van der Waals surface area contributed by atoms with Crippen LogP contribution in [0.1, 0.15) is 10.4 Å². The van der Waals surface area contributed by atoms with Crippen molar-refractivity contribution < 1.29 is 23.8 Å². The van der Waals surface area contributed by atoms with Crippen LogP contribution in [0.4, 0.5) is 11.4 Å². The number of carbonyl (C=O) groups excluding carboxylic acids is 2. The van der Waals surface area contributed by atoms with Gasteiger partial charge in [-0.2, -0.15) is 0 Å². The van der Waals surface area contributed by atoms with Gasteiger partial charge in [-0.1, -0.05) is 18.2 Å². The average molecular weight is 420 g/mol. The summed E-state index contributed by atoms with van der Waals surface area (Å²) in [6.45, 7) is 0.980. The molecule has 0 aliphatic rings. The molecule has 0 radical (unpaired) electrons. The first-order valence-electron chi connectivity index (χ1n) is 9.77. The Hall–Kier alpha value is -4.00. The molecule has 0 aliphatic carbocycles. The molecule has 0 aromatic heterocycles. The van der Waals surface area contributed by atoms with Gasteiger partial charge in [0.2, 0.25) is 5.91 Å². The maximum Gasteiger partial charge on any atom is 0.337 e. The molecular formula is C24H24N2O5. The fourth-order valence-electron chi connectivity index (χ4n) is 2.70. The minimum absolute atomic E-state index is 0.101. The smallest absolute Gasteiger partial charge is 0.337 e. The molecule has 160 valence electrons. The molecule has 0 bridgehead atoms. The second kappa shape index (κ2) is 11.3. The second-order valence-electron chi connectivity index (χ2n) is 6.51. The number of ether oxygens (including phenoxy) is 3. The fraction of sp³-hybridized carbons (Fsp3) is 0.167. The van der Waals surface area contributed by atoms with Gasteiger partial charge in [0.25, 0.3) is 0 Å². The van der Waals surface area contributed by atoms with Crippen molar-refractivity contribution in [2.45, 2.75) is 0 Å². The van der Waals surface area contributed by atoms with Gasteiger partial charge < -0.3 is 24.8 Å². The molecule has 2 N–H and O–H groups in total. The van der Waals surface area contributed by atoms with Crippen molar-refractivity contribution in [2.24, 2.45) is 0 Å². The molecule has 7 nitrogen and oxygen atoms in total. The lowest BCUT2D eigenvalue weighted by Crippen LogP contribution is -2.21. The first kappa shape index (κ1) is 21.7. The van der Waals surface area contributed by atoms with Crippen molar-refractivity contribution in [3.05, 3.63) is 84.4 Å². The van der Waals surface area contributed by atoms with Gasteiger partial charge in [0.1, 0.15) is 24.7 Å². The van der Waals surface area contributed by atoms with Gasteiger partial charge in [-0.25, -0.2) is 4.79 Å². The third-order valence-corrected chi connectivity index (χ3v) is 4.26. The van der Waals surface area contributed by atoms with Crippen LogP contribution < -0.4 is 20.1 Å². The second-order valence-corrected chi connectivity index (χ2v) is 6.51. The molecule has 0 saturated heterocycles. The largest absolute Gasteiger partial charge is 0.490 e. The first-order valence-corrected chi connectivity index (χ1v) is 9.77. The normalized spacial score (nSPS) is 10.1. The predicted molar refractivity (Wildman–Crippen MR) is 119 cm³/mol. The zero-order valence-corrected chi connectivity index (χ0v) is 17.2. The number of hydrogen-bond acceptors (Lipinski definition) is 6.